The minimum absolute atomic E-state index is 0.00259. The van der Waals surface area contributed by atoms with Crippen molar-refractivity contribution in [2.24, 2.45) is 5.73 Å². The highest BCUT2D eigenvalue weighted by Gasteiger charge is 2.30. The molecule has 0 unspecified atom stereocenters. The minimum Gasteiger partial charge on any atom is -0.490 e. The van der Waals surface area contributed by atoms with E-state index in [0.29, 0.717) is 6.61 Å². The Morgan fingerprint density at radius 3 is 2.63 bits per heavy atom. The first-order chi connectivity index (χ1) is 9.14. The number of benzene rings is 1. The molecule has 106 valence electrons. The SMILES string of the molecule is CC[C@H](N)c1ccccc1OCC1(O)CCCCC1. The average molecular weight is 263 g/mol. The fourth-order valence-corrected chi connectivity index (χ4v) is 2.70. The maximum absolute atomic E-state index is 10.5. The highest BCUT2D eigenvalue weighted by atomic mass is 16.5. The van der Waals surface area contributed by atoms with E-state index in [-0.39, 0.29) is 6.04 Å². The molecular weight excluding hydrogens is 238 g/mol. The van der Waals surface area contributed by atoms with Gasteiger partial charge in [-0.3, -0.25) is 0 Å². The number of hydrogen-bond acceptors (Lipinski definition) is 3. The van der Waals surface area contributed by atoms with Crippen molar-refractivity contribution in [3.05, 3.63) is 29.8 Å². The Hall–Kier alpha value is -1.06. The lowest BCUT2D eigenvalue weighted by Gasteiger charge is -2.32. The van der Waals surface area contributed by atoms with Crippen LogP contribution in [0.2, 0.25) is 0 Å². The topological polar surface area (TPSA) is 55.5 Å². The van der Waals surface area contributed by atoms with Gasteiger partial charge >= 0.3 is 0 Å². The van der Waals surface area contributed by atoms with Crippen molar-refractivity contribution in [3.63, 3.8) is 0 Å². The van der Waals surface area contributed by atoms with Gasteiger partial charge in [-0.05, 0) is 25.3 Å². The van der Waals surface area contributed by atoms with Crippen LogP contribution in [0.15, 0.2) is 24.3 Å². The van der Waals surface area contributed by atoms with Gasteiger partial charge < -0.3 is 15.6 Å². The molecule has 0 aromatic heterocycles. The molecule has 3 nitrogen and oxygen atoms in total. The van der Waals surface area contributed by atoms with Crippen molar-refractivity contribution < 1.29 is 9.84 Å². The van der Waals surface area contributed by atoms with E-state index in [1.807, 2.05) is 24.3 Å². The number of nitrogens with two attached hydrogens (primary N) is 1. The molecule has 0 heterocycles. The van der Waals surface area contributed by atoms with Crippen molar-refractivity contribution in [1.82, 2.24) is 0 Å². The molecule has 19 heavy (non-hydrogen) atoms. The van der Waals surface area contributed by atoms with Crippen LogP contribution in [0.5, 0.6) is 5.75 Å². The van der Waals surface area contributed by atoms with Crippen molar-refractivity contribution in [2.75, 3.05) is 6.61 Å². The number of ether oxygens (including phenoxy) is 1. The highest BCUT2D eigenvalue weighted by Crippen LogP contribution is 2.31. The first-order valence-corrected chi connectivity index (χ1v) is 7.34. The van der Waals surface area contributed by atoms with Crippen LogP contribution in [0.25, 0.3) is 0 Å². The molecule has 1 aromatic carbocycles. The van der Waals surface area contributed by atoms with Crippen LogP contribution in [-0.4, -0.2) is 17.3 Å². The van der Waals surface area contributed by atoms with Crippen LogP contribution >= 0.6 is 0 Å². The first-order valence-electron chi connectivity index (χ1n) is 7.34. The van der Waals surface area contributed by atoms with Gasteiger partial charge in [0.25, 0.3) is 0 Å². The predicted octanol–water partition coefficient (Wildman–Crippen LogP) is 3.17. The molecule has 3 heteroatoms. The molecule has 1 aliphatic carbocycles. The zero-order chi connectivity index (χ0) is 13.7. The van der Waals surface area contributed by atoms with Crippen LogP contribution < -0.4 is 10.5 Å². The summed E-state index contributed by atoms with van der Waals surface area (Å²) in [4.78, 5) is 0. The second kappa shape index (κ2) is 6.40. The van der Waals surface area contributed by atoms with E-state index in [0.717, 1.165) is 43.4 Å². The molecule has 3 N–H and O–H groups in total. The average Bonchev–Trinajstić information content (AvgIpc) is 2.45. The Morgan fingerprint density at radius 2 is 1.95 bits per heavy atom. The molecular formula is C16H25NO2. The van der Waals surface area contributed by atoms with Gasteiger partial charge in [0.2, 0.25) is 0 Å². The lowest BCUT2D eigenvalue weighted by molar-refractivity contribution is -0.0341. The highest BCUT2D eigenvalue weighted by molar-refractivity contribution is 5.35. The van der Waals surface area contributed by atoms with Crippen LogP contribution in [0.4, 0.5) is 0 Å². The molecule has 0 spiro atoms. The molecule has 1 fully saturated rings. The van der Waals surface area contributed by atoms with Crippen molar-refractivity contribution in [2.45, 2.75) is 57.1 Å². The van der Waals surface area contributed by atoms with Crippen molar-refractivity contribution in [3.8, 4) is 5.75 Å². The van der Waals surface area contributed by atoms with Gasteiger partial charge in [0.15, 0.2) is 0 Å². The predicted molar refractivity (Wildman–Crippen MR) is 77.2 cm³/mol. The molecule has 1 saturated carbocycles. The summed E-state index contributed by atoms with van der Waals surface area (Å²) in [6.45, 7) is 2.44. The van der Waals surface area contributed by atoms with Gasteiger partial charge in [-0.2, -0.15) is 0 Å². The largest absolute Gasteiger partial charge is 0.490 e. The van der Waals surface area contributed by atoms with Gasteiger partial charge in [0.05, 0.1) is 5.60 Å². The van der Waals surface area contributed by atoms with Crippen molar-refractivity contribution >= 4 is 0 Å². The maximum atomic E-state index is 10.5. The van der Waals surface area contributed by atoms with E-state index in [9.17, 15) is 5.11 Å². The molecule has 0 saturated heterocycles. The quantitative estimate of drug-likeness (QED) is 0.858. The Balaban J connectivity index is 2.02. The second-order valence-electron chi connectivity index (χ2n) is 5.63. The lowest BCUT2D eigenvalue weighted by atomic mass is 9.85. The van der Waals surface area contributed by atoms with Gasteiger partial charge in [-0.15, -0.1) is 0 Å². The van der Waals surface area contributed by atoms with Crippen molar-refractivity contribution in [1.29, 1.82) is 0 Å². The Morgan fingerprint density at radius 1 is 1.26 bits per heavy atom. The second-order valence-corrected chi connectivity index (χ2v) is 5.63. The summed E-state index contributed by atoms with van der Waals surface area (Å²) in [7, 11) is 0. The van der Waals surface area contributed by atoms with Gasteiger partial charge in [0.1, 0.15) is 12.4 Å². The van der Waals surface area contributed by atoms with Crippen LogP contribution in [0, 0.1) is 0 Å². The van der Waals surface area contributed by atoms with E-state index in [2.05, 4.69) is 6.92 Å². The van der Waals surface area contributed by atoms with E-state index >= 15 is 0 Å². The molecule has 2 rings (SSSR count). The number of hydrogen-bond donors (Lipinski definition) is 2. The third kappa shape index (κ3) is 3.71. The third-order valence-corrected chi connectivity index (χ3v) is 4.04. The van der Waals surface area contributed by atoms with Gasteiger partial charge in [0, 0.05) is 11.6 Å². The first kappa shape index (κ1) is 14.4. The molecule has 1 aliphatic rings. The molecule has 0 bridgehead atoms. The third-order valence-electron chi connectivity index (χ3n) is 4.04. The molecule has 0 aliphatic heterocycles. The van der Waals surface area contributed by atoms with Gasteiger partial charge in [-0.25, -0.2) is 0 Å². The van der Waals surface area contributed by atoms with E-state index in [1.54, 1.807) is 0 Å². The number of aliphatic hydroxyl groups is 1. The summed E-state index contributed by atoms with van der Waals surface area (Å²) in [6.07, 6.45) is 5.97. The van der Waals surface area contributed by atoms with E-state index in [1.165, 1.54) is 6.42 Å². The number of para-hydroxylation sites is 1. The smallest absolute Gasteiger partial charge is 0.124 e. The van der Waals surface area contributed by atoms with Gasteiger partial charge in [-0.1, -0.05) is 44.4 Å². The Kier molecular flexibility index (Phi) is 4.83. The van der Waals surface area contributed by atoms with E-state index in [4.69, 9.17) is 10.5 Å². The lowest BCUT2D eigenvalue weighted by Crippen LogP contribution is -2.38. The summed E-state index contributed by atoms with van der Waals surface area (Å²) in [5.74, 6) is 0.816. The fourth-order valence-electron chi connectivity index (χ4n) is 2.70. The summed E-state index contributed by atoms with van der Waals surface area (Å²) < 4.78 is 5.87. The van der Waals surface area contributed by atoms with Crippen LogP contribution in [-0.2, 0) is 0 Å². The molecule has 0 amide bonds. The zero-order valence-corrected chi connectivity index (χ0v) is 11.8. The minimum atomic E-state index is -0.651. The fraction of sp³-hybridized carbons (Fsp3) is 0.625. The van der Waals surface area contributed by atoms with Crippen LogP contribution in [0.3, 0.4) is 0 Å². The normalized spacial score (nSPS) is 19.9. The summed E-state index contributed by atoms with van der Waals surface area (Å²) in [5, 5.41) is 10.5. The molecule has 1 atom stereocenters. The zero-order valence-electron chi connectivity index (χ0n) is 11.8. The summed E-state index contributed by atoms with van der Waals surface area (Å²) in [6, 6.07) is 7.88. The van der Waals surface area contributed by atoms with E-state index < -0.39 is 5.60 Å². The molecule has 0 radical (unpaired) electrons. The van der Waals surface area contributed by atoms with Crippen LogP contribution in [0.1, 0.15) is 57.1 Å². The maximum Gasteiger partial charge on any atom is 0.124 e. The Bertz CT molecular complexity index is 399. The monoisotopic (exact) mass is 263 g/mol. The number of rotatable bonds is 5. The summed E-state index contributed by atoms with van der Waals surface area (Å²) >= 11 is 0. The summed E-state index contributed by atoms with van der Waals surface area (Å²) in [5.41, 5.74) is 6.48. The molecule has 1 aromatic rings. The Labute approximate surface area is 115 Å². The standard InChI is InChI=1S/C16H25NO2/c1-2-14(17)13-8-4-5-9-15(13)19-12-16(18)10-6-3-7-11-16/h4-5,8-9,14,18H,2-3,6-7,10-12,17H2,1H3/t14-/m0/s1.